The van der Waals surface area contributed by atoms with Gasteiger partial charge in [0.2, 0.25) is 11.8 Å². The normalized spacial score (nSPS) is 18.8. The molecule has 0 aliphatic carbocycles. The molecule has 0 saturated carbocycles. The van der Waals surface area contributed by atoms with Crippen molar-refractivity contribution >= 4 is 17.5 Å². The summed E-state index contributed by atoms with van der Waals surface area (Å²) in [4.78, 5) is 25.4. The van der Waals surface area contributed by atoms with Gasteiger partial charge in [0.05, 0.1) is 5.92 Å². The number of hydrogen-bond donors (Lipinski definition) is 1. The molecule has 0 bridgehead atoms. The largest absolute Gasteiger partial charge is 0.354 e. The van der Waals surface area contributed by atoms with Gasteiger partial charge in [-0.25, -0.2) is 4.39 Å². The first kappa shape index (κ1) is 14.5. The van der Waals surface area contributed by atoms with Crippen LogP contribution in [0.4, 0.5) is 10.1 Å². The van der Waals surface area contributed by atoms with E-state index in [4.69, 9.17) is 0 Å². The second kappa shape index (κ2) is 5.61. The number of hydrogen-bond acceptors (Lipinski definition) is 2. The van der Waals surface area contributed by atoms with Gasteiger partial charge in [0, 0.05) is 24.7 Å². The van der Waals surface area contributed by atoms with Gasteiger partial charge in [-0.3, -0.25) is 9.59 Å². The summed E-state index contributed by atoms with van der Waals surface area (Å²) in [5.74, 6) is -0.972. The van der Waals surface area contributed by atoms with E-state index < -0.39 is 0 Å². The molecule has 5 heteroatoms. The van der Waals surface area contributed by atoms with Gasteiger partial charge in [-0.15, -0.1) is 0 Å². The standard InChI is InChI=1S/C15H19FN2O2/c1-9(2)17-15(20)11-6-14(19)18(8-11)12-5-4-10(3)13(16)7-12/h4-5,7,9,11H,6,8H2,1-3H3,(H,17,20). The van der Waals surface area contributed by atoms with E-state index in [9.17, 15) is 14.0 Å². The smallest absolute Gasteiger partial charge is 0.227 e. The average Bonchev–Trinajstić information content (AvgIpc) is 2.74. The highest BCUT2D eigenvalue weighted by atomic mass is 19.1. The van der Waals surface area contributed by atoms with Gasteiger partial charge in [-0.2, -0.15) is 0 Å². The monoisotopic (exact) mass is 278 g/mol. The lowest BCUT2D eigenvalue weighted by atomic mass is 10.1. The lowest BCUT2D eigenvalue weighted by Gasteiger charge is -2.17. The van der Waals surface area contributed by atoms with Gasteiger partial charge in [0.1, 0.15) is 5.82 Å². The van der Waals surface area contributed by atoms with Crippen LogP contribution >= 0.6 is 0 Å². The van der Waals surface area contributed by atoms with Crippen LogP contribution in [-0.4, -0.2) is 24.4 Å². The molecule has 20 heavy (non-hydrogen) atoms. The Morgan fingerprint density at radius 1 is 1.45 bits per heavy atom. The summed E-state index contributed by atoms with van der Waals surface area (Å²) in [6.07, 6.45) is 0.175. The molecular formula is C15H19FN2O2. The summed E-state index contributed by atoms with van der Waals surface area (Å²) in [5.41, 5.74) is 1.05. The zero-order chi connectivity index (χ0) is 14.9. The molecule has 1 aromatic carbocycles. The molecule has 0 radical (unpaired) electrons. The number of halogens is 1. The van der Waals surface area contributed by atoms with Gasteiger partial charge in [0.25, 0.3) is 0 Å². The maximum absolute atomic E-state index is 13.6. The minimum absolute atomic E-state index is 0.0449. The average molecular weight is 278 g/mol. The lowest BCUT2D eigenvalue weighted by molar-refractivity contribution is -0.126. The zero-order valence-corrected chi connectivity index (χ0v) is 11.9. The summed E-state index contributed by atoms with van der Waals surface area (Å²) in [7, 11) is 0. The number of nitrogens with one attached hydrogen (secondary N) is 1. The Kier molecular flexibility index (Phi) is 4.06. The van der Waals surface area contributed by atoms with Crippen molar-refractivity contribution in [1.29, 1.82) is 0 Å². The van der Waals surface area contributed by atoms with Crippen molar-refractivity contribution in [3.63, 3.8) is 0 Å². The molecule has 1 aromatic rings. The highest BCUT2D eigenvalue weighted by Crippen LogP contribution is 2.26. The van der Waals surface area contributed by atoms with Gasteiger partial charge < -0.3 is 10.2 Å². The van der Waals surface area contributed by atoms with Gasteiger partial charge in [-0.1, -0.05) is 6.07 Å². The quantitative estimate of drug-likeness (QED) is 0.919. The number of benzene rings is 1. The van der Waals surface area contributed by atoms with Crippen molar-refractivity contribution in [2.24, 2.45) is 5.92 Å². The molecule has 108 valence electrons. The Balaban J connectivity index is 2.13. The van der Waals surface area contributed by atoms with E-state index in [1.807, 2.05) is 13.8 Å². The molecule has 1 unspecified atom stereocenters. The van der Waals surface area contributed by atoms with E-state index in [2.05, 4.69) is 5.32 Å². The van der Waals surface area contributed by atoms with Crippen molar-refractivity contribution in [2.75, 3.05) is 11.4 Å². The molecule has 0 aromatic heterocycles. The van der Waals surface area contributed by atoms with Crippen molar-refractivity contribution < 1.29 is 14.0 Å². The molecule has 1 fully saturated rings. The van der Waals surface area contributed by atoms with Crippen LogP contribution < -0.4 is 10.2 Å². The molecular weight excluding hydrogens is 259 g/mol. The van der Waals surface area contributed by atoms with Crippen LogP contribution in [0.5, 0.6) is 0 Å². The number of carbonyl (C=O) groups excluding carboxylic acids is 2. The second-order valence-corrected chi connectivity index (χ2v) is 5.50. The number of carbonyl (C=O) groups is 2. The summed E-state index contributed by atoms with van der Waals surface area (Å²) < 4.78 is 13.6. The van der Waals surface area contributed by atoms with Crippen LogP contribution in [0.3, 0.4) is 0 Å². The van der Waals surface area contributed by atoms with E-state index in [0.717, 1.165) is 0 Å². The minimum Gasteiger partial charge on any atom is -0.354 e. The van der Waals surface area contributed by atoms with E-state index >= 15 is 0 Å². The Morgan fingerprint density at radius 3 is 2.75 bits per heavy atom. The summed E-state index contributed by atoms with van der Waals surface area (Å²) in [5, 5.41) is 2.81. The van der Waals surface area contributed by atoms with Gasteiger partial charge >= 0.3 is 0 Å². The van der Waals surface area contributed by atoms with Gasteiger partial charge in [0.15, 0.2) is 0 Å². The molecule has 1 aliphatic rings. The Morgan fingerprint density at radius 2 is 2.15 bits per heavy atom. The molecule has 1 heterocycles. The minimum atomic E-state index is -0.366. The predicted octanol–water partition coefficient (Wildman–Crippen LogP) is 2.01. The summed E-state index contributed by atoms with van der Waals surface area (Å²) in [6.45, 7) is 5.73. The number of anilines is 1. The fraction of sp³-hybridized carbons (Fsp3) is 0.467. The molecule has 2 rings (SSSR count). The van der Waals surface area contributed by atoms with Gasteiger partial charge in [-0.05, 0) is 38.5 Å². The third-order valence-electron chi connectivity index (χ3n) is 3.39. The van der Waals surface area contributed by atoms with Crippen molar-refractivity contribution in [1.82, 2.24) is 5.32 Å². The fourth-order valence-electron chi connectivity index (χ4n) is 2.28. The van der Waals surface area contributed by atoms with Crippen LogP contribution in [0, 0.1) is 18.7 Å². The zero-order valence-electron chi connectivity index (χ0n) is 11.9. The lowest BCUT2D eigenvalue weighted by Crippen LogP contribution is -2.36. The number of rotatable bonds is 3. The third kappa shape index (κ3) is 2.98. The van der Waals surface area contributed by atoms with Crippen LogP contribution in [0.1, 0.15) is 25.8 Å². The molecule has 1 aliphatic heterocycles. The predicted molar refractivity (Wildman–Crippen MR) is 74.9 cm³/mol. The van der Waals surface area contributed by atoms with Crippen LogP contribution in [-0.2, 0) is 9.59 Å². The summed E-state index contributed by atoms with van der Waals surface area (Å²) in [6, 6.07) is 4.73. The Bertz CT molecular complexity index is 543. The van der Waals surface area contributed by atoms with Crippen LogP contribution in [0.15, 0.2) is 18.2 Å². The molecule has 1 N–H and O–H groups in total. The van der Waals surface area contributed by atoms with E-state index in [1.54, 1.807) is 19.1 Å². The van der Waals surface area contributed by atoms with E-state index in [-0.39, 0.29) is 36.0 Å². The number of nitrogens with zero attached hydrogens (tertiary/aromatic N) is 1. The van der Waals surface area contributed by atoms with Crippen LogP contribution in [0.2, 0.25) is 0 Å². The fourth-order valence-corrected chi connectivity index (χ4v) is 2.28. The molecule has 0 spiro atoms. The highest BCUT2D eigenvalue weighted by molar-refractivity contribution is 6.00. The van der Waals surface area contributed by atoms with Crippen molar-refractivity contribution in [2.45, 2.75) is 33.2 Å². The molecule has 1 saturated heterocycles. The highest BCUT2D eigenvalue weighted by Gasteiger charge is 2.35. The Labute approximate surface area is 118 Å². The van der Waals surface area contributed by atoms with Crippen molar-refractivity contribution in [3.8, 4) is 0 Å². The first-order valence-electron chi connectivity index (χ1n) is 6.75. The number of aryl methyl sites for hydroxylation is 1. The van der Waals surface area contributed by atoms with Crippen molar-refractivity contribution in [3.05, 3.63) is 29.6 Å². The molecule has 1 atom stereocenters. The maximum Gasteiger partial charge on any atom is 0.227 e. The summed E-state index contributed by atoms with van der Waals surface area (Å²) >= 11 is 0. The first-order valence-corrected chi connectivity index (χ1v) is 6.75. The molecule has 4 nitrogen and oxygen atoms in total. The van der Waals surface area contributed by atoms with Crippen LogP contribution in [0.25, 0.3) is 0 Å². The second-order valence-electron chi connectivity index (χ2n) is 5.50. The third-order valence-corrected chi connectivity index (χ3v) is 3.39. The Hall–Kier alpha value is -1.91. The van der Waals surface area contributed by atoms with E-state index in [1.165, 1.54) is 11.0 Å². The SMILES string of the molecule is Cc1ccc(N2CC(C(=O)NC(C)C)CC2=O)cc1F. The first-order chi connectivity index (χ1) is 9.38. The maximum atomic E-state index is 13.6. The number of amides is 2. The molecule has 2 amide bonds. The van der Waals surface area contributed by atoms with E-state index in [0.29, 0.717) is 17.8 Å². The topological polar surface area (TPSA) is 49.4 Å².